The van der Waals surface area contributed by atoms with Gasteiger partial charge in [0.2, 0.25) is 11.7 Å². The van der Waals surface area contributed by atoms with Crippen molar-refractivity contribution in [3.05, 3.63) is 51.3 Å². The first-order chi connectivity index (χ1) is 15.4. The Morgan fingerprint density at radius 3 is 2.47 bits per heavy atom. The third kappa shape index (κ3) is 5.24. The molecule has 1 aliphatic rings. The van der Waals surface area contributed by atoms with Crippen LogP contribution in [0.15, 0.2) is 28.8 Å². The van der Waals surface area contributed by atoms with Gasteiger partial charge < -0.3 is 9.42 Å². The highest BCUT2D eigenvalue weighted by Crippen LogP contribution is 2.26. The van der Waals surface area contributed by atoms with Gasteiger partial charge in [0, 0.05) is 44.1 Å². The van der Waals surface area contributed by atoms with E-state index in [1.54, 1.807) is 11.3 Å². The lowest BCUT2D eigenvalue weighted by Gasteiger charge is -2.34. The number of aryl methyl sites for hydroxylation is 3. The average molecular weight is 454 g/mol. The van der Waals surface area contributed by atoms with Crippen LogP contribution in [0.3, 0.4) is 0 Å². The molecule has 2 aromatic heterocycles. The van der Waals surface area contributed by atoms with Crippen molar-refractivity contribution in [2.24, 2.45) is 0 Å². The molecule has 0 spiro atoms. The molecule has 0 unspecified atom stereocenters. The predicted octanol–water partition coefficient (Wildman–Crippen LogP) is 4.32. The van der Waals surface area contributed by atoms with Gasteiger partial charge in [-0.3, -0.25) is 9.69 Å². The minimum absolute atomic E-state index is 0.126. The van der Waals surface area contributed by atoms with Crippen LogP contribution < -0.4 is 0 Å². The summed E-state index contributed by atoms with van der Waals surface area (Å²) >= 11 is 1.54. The monoisotopic (exact) mass is 453 g/mol. The summed E-state index contributed by atoms with van der Waals surface area (Å²) in [7, 11) is 0. The Balaban J connectivity index is 1.23. The number of rotatable bonds is 7. The minimum atomic E-state index is 0.126. The molecular formula is C24H31N5O2S. The summed E-state index contributed by atoms with van der Waals surface area (Å²) in [5, 5.41) is 5.15. The van der Waals surface area contributed by atoms with Crippen molar-refractivity contribution in [2.75, 3.05) is 32.7 Å². The second-order valence-corrected chi connectivity index (χ2v) is 9.77. The topological polar surface area (TPSA) is 75.4 Å². The SMILES string of the molecule is Cc1ccc(-c2noc(CCCN3CCN(C(=O)c4sc(C(C)C)nc4C)CC3)n2)cc1. The summed E-state index contributed by atoms with van der Waals surface area (Å²) in [6.07, 6.45) is 1.71. The summed E-state index contributed by atoms with van der Waals surface area (Å²) < 4.78 is 5.43. The normalized spacial score (nSPS) is 15.0. The Morgan fingerprint density at radius 1 is 1.09 bits per heavy atom. The van der Waals surface area contributed by atoms with Crippen molar-refractivity contribution >= 4 is 17.2 Å². The second kappa shape index (κ2) is 9.92. The molecule has 1 aromatic carbocycles. The van der Waals surface area contributed by atoms with Gasteiger partial charge in [-0.2, -0.15) is 4.98 Å². The van der Waals surface area contributed by atoms with Gasteiger partial charge >= 0.3 is 0 Å². The van der Waals surface area contributed by atoms with E-state index in [9.17, 15) is 4.79 Å². The Bertz CT molecular complexity index is 1050. The van der Waals surface area contributed by atoms with Crippen LogP contribution in [0.25, 0.3) is 11.4 Å². The van der Waals surface area contributed by atoms with E-state index < -0.39 is 0 Å². The van der Waals surface area contributed by atoms with Crippen molar-refractivity contribution < 1.29 is 9.32 Å². The maximum Gasteiger partial charge on any atom is 0.265 e. The maximum absolute atomic E-state index is 13.0. The predicted molar refractivity (Wildman–Crippen MR) is 126 cm³/mol. The molecule has 170 valence electrons. The number of piperazine rings is 1. The fraction of sp³-hybridized carbons (Fsp3) is 0.500. The van der Waals surface area contributed by atoms with Crippen LogP contribution in [0, 0.1) is 13.8 Å². The number of carbonyl (C=O) groups is 1. The van der Waals surface area contributed by atoms with E-state index in [-0.39, 0.29) is 5.91 Å². The molecule has 8 heteroatoms. The van der Waals surface area contributed by atoms with Crippen molar-refractivity contribution in [3.8, 4) is 11.4 Å². The average Bonchev–Trinajstić information content (AvgIpc) is 3.41. The summed E-state index contributed by atoms with van der Waals surface area (Å²) in [5.41, 5.74) is 3.04. The highest BCUT2D eigenvalue weighted by molar-refractivity contribution is 7.13. The van der Waals surface area contributed by atoms with E-state index in [2.05, 4.69) is 52.9 Å². The number of thiazole rings is 1. The number of nitrogens with zero attached hydrogens (tertiary/aromatic N) is 5. The Morgan fingerprint density at radius 2 is 1.81 bits per heavy atom. The molecule has 0 atom stereocenters. The second-order valence-electron chi connectivity index (χ2n) is 8.74. The van der Waals surface area contributed by atoms with Gasteiger partial charge in [0.25, 0.3) is 5.91 Å². The molecular weight excluding hydrogens is 422 g/mol. The Hall–Kier alpha value is -2.58. The molecule has 1 aliphatic heterocycles. The fourth-order valence-corrected chi connectivity index (χ4v) is 4.85. The van der Waals surface area contributed by atoms with E-state index in [0.29, 0.717) is 17.6 Å². The summed E-state index contributed by atoms with van der Waals surface area (Å²) in [4.78, 5) is 27.2. The zero-order valence-corrected chi connectivity index (χ0v) is 20.1. The lowest BCUT2D eigenvalue weighted by atomic mass is 10.1. The number of carbonyl (C=O) groups excluding carboxylic acids is 1. The van der Waals surface area contributed by atoms with Crippen LogP contribution in [0.1, 0.15) is 58.0 Å². The molecule has 1 fully saturated rings. The van der Waals surface area contributed by atoms with Gasteiger partial charge in [-0.05, 0) is 26.8 Å². The number of amides is 1. The van der Waals surface area contributed by atoms with Crippen LogP contribution in [-0.2, 0) is 6.42 Å². The molecule has 0 saturated carbocycles. The van der Waals surface area contributed by atoms with Crippen LogP contribution in [0.2, 0.25) is 0 Å². The first kappa shape index (κ1) is 22.6. The van der Waals surface area contributed by atoms with E-state index in [4.69, 9.17) is 4.52 Å². The molecule has 3 aromatic rings. The zero-order chi connectivity index (χ0) is 22.7. The van der Waals surface area contributed by atoms with Gasteiger partial charge in [0.15, 0.2) is 0 Å². The number of benzene rings is 1. The first-order valence-electron chi connectivity index (χ1n) is 11.3. The van der Waals surface area contributed by atoms with Crippen molar-refractivity contribution in [2.45, 2.75) is 46.5 Å². The van der Waals surface area contributed by atoms with Crippen LogP contribution in [0.5, 0.6) is 0 Å². The third-order valence-electron chi connectivity index (χ3n) is 5.80. The number of aromatic nitrogens is 3. The molecule has 0 bridgehead atoms. The van der Waals surface area contributed by atoms with Crippen LogP contribution in [0.4, 0.5) is 0 Å². The van der Waals surface area contributed by atoms with Crippen LogP contribution in [-0.4, -0.2) is 63.6 Å². The van der Waals surface area contributed by atoms with E-state index in [0.717, 1.165) is 66.7 Å². The molecule has 1 amide bonds. The number of hydrogen-bond donors (Lipinski definition) is 0. The van der Waals surface area contributed by atoms with Gasteiger partial charge in [0.05, 0.1) is 10.7 Å². The molecule has 32 heavy (non-hydrogen) atoms. The molecule has 1 saturated heterocycles. The summed E-state index contributed by atoms with van der Waals surface area (Å²) in [6, 6.07) is 8.13. The van der Waals surface area contributed by atoms with Gasteiger partial charge in [0.1, 0.15) is 4.88 Å². The lowest BCUT2D eigenvalue weighted by molar-refractivity contribution is 0.0639. The quantitative estimate of drug-likeness (QED) is 0.530. The Labute approximate surface area is 193 Å². The first-order valence-corrected chi connectivity index (χ1v) is 12.1. The minimum Gasteiger partial charge on any atom is -0.339 e. The van der Waals surface area contributed by atoms with E-state index in [1.165, 1.54) is 5.56 Å². The lowest BCUT2D eigenvalue weighted by Crippen LogP contribution is -2.48. The standard InChI is InChI=1S/C24H31N5O2S/c1-16(2)23-25-18(4)21(32-23)24(30)29-14-12-28(13-15-29)11-5-6-20-26-22(27-31-20)19-9-7-17(3)8-10-19/h7-10,16H,5-6,11-15H2,1-4H3. The molecule has 7 nitrogen and oxygen atoms in total. The van der Waals surface area contributed by atoms with Crippen molar-refractivity contribution in [3.63, 3.8) is 0 Å². The highest BCUT2D eigenvalue weighted by Gasteiger charge is 2.25. The van der Waals surface area contributed by atoms with Crippen LogP contribution >= 0.6 is 11.3 Å². The number of hydrogen-bond acceptors (Lipinski definition) is 7. The highest BCUT2D eigenvalue weighted by atomic mass is 32.1. The van der Waals surface area contributed by atoms with E-state index in [1.807, 2.05) is 24.0 Å². The molecule has 0 N–H and O–H groups in total. The molecule has 4 rings (SSSR count). The molecule has 0 aliphatic carbocycles. The van der Waals surface area contributed by atoms with Crippen molar-refractivity contribution in [1.82, 2.24) is 24.9 Å². The van der Waals surface area contributed by atoms with Crippen molar-refractivity contribution in [1.29, 1.82) is 0 Å². The summed E-state index contributed by atoms with van der Waals surface area (Å²) in [5.74, 6) is 1.80. The van der Waals surface area contributed by atoms with Gasteiger partial charge in [-0.1, -0.05) is 48.8 Å². The summed E-state index contributed by atoms with van der Waals surface area (Å²) in [6.45, 7) is 12.5. The largest absolute Gasteiger partial charge is 0.339 e. The zero-order valence-electron chi connectivity index (χ0n) is 19.3. The van der Waals surface area contributed by atoms with E-state index >= 15 is 0 Å². The molecule has 0 radical (unpaired) electrons. The third-order valence-corrected chi connectivity index (χ3v) is 7.25. The molecule has 3 heterocycles. The van der Waals surface area contributed by atoms with Gasteiger partial charge in [-0.15, -0.1) is 11.3 Å². The fourth-order valence-electron chi connectivity index (χ4n) is 3.81. The Kier molecular flexibility index (Phi) is 7.01. The maximum atomic E-state index is 13.0. The van der Waals surface area contributed by atoms with Gasteiger partial charge in [-0.25, -0.2) is 4.98 Å². The smallest absolute Gasteiger partial charge is 0.265 e.